The van der Waals surface area contributed by atoms with Crippen molar-refractivity contribution in [1.29, 1.82) is 0 Å². The number of aliphatic imine (C=N–C) groups is 1. The van der Waals surface area contributed by atoms with Crippen LogP contribution in [0.5, 0.6) is 11.5 Å². The van der Waals surface area contributed by atoms with Gasteiger partial charge < -0.3 is 20.1 Å². The Hall–Kier alpha value is -1.91. The van der Waals surface area contributed by atoms with E-state index in [2.05, 4.69) is 15.6 Å². The maximum absolute atomic E-state index is 5.69. The van der Waals surface area contributed by atoms with Crippen molar-refractivity contribution in [2.24, 2.45) is 10.9 Å². The van der Waals surface area contributed by atoms with Crippen molar-refractivity contribution in [3.8, 4) is 11.5 Å². The van der Waals surface area contributed by atoms with Gasteiger partial charge in [-0.3, -0.25) is 4.99 Å². The summed E-state index contributed by atoms with van der Waals surface area (Å²) in [6.07, 6.45) is 3.61. The zero-order chi connectivity index (χ0) is 14.9. The van der Waals surface area contributed by atoms with Crippen molar-refractivity contribution in [2.45, 2.75) is 19.3 Å². The molecule has 1 saturated carbocycles. The largest absolute Gasteiger partial charge is 0.497 e. The molecular formula is C16H25N3O2. The fourth-order valence-corrected chi connectivity index (χ4v) is 1.94. The van der Waals surface area contributed by atoms with Crippen LogP contribution in [-0.2, 0) is 0 Å². The van der Waals surface area contributed by atoms with Crippen LogP contribution in [0.1, 0.15) is 19.3 Å². The molecule has 1 aromatic rings. The normalized spacial score (nSPS) is 14.7. The number of hydrogen-bond donors (Lipinski definition) is 2. The van der Waals surface area contributed by atoms with Crippen molar-refractivity contribution in [3.63, 3.8) is 0 Å². The van der Waals surface area contributed by atoms with E-state index in [0.29, 0.717) is 6.61 Å². The highest BCUT2D eigenvalue weighted by atomic mass is 16.5. The Morgan fingerprint density at radius 1 is 1.29 bits per heavy atom. The van der Waals surface area contributed by atoms with E-state index in [1.165, 1.54) is 12.8 Å². The molecule has 0 spiro atoms. The van der Waals surface area contributed by atoms with Gasteiger partial charge in [0, 0.05) is 26.2 Å². The van der Waals surface area contributed by atoms with Gasteiger partial charge in [-0.05, 0) is 37.3 Å². The second-order valence-electron chi connectivity index (χ2n) is 5.20. The molecule has 1 fully saturated rings. The molecule has 0 aromatic heterocycles. The molecular weight excluding hydrogens is 266 g/mol. The summed E-state index contributed by atoms with van der Waals surface area (Å²) in [5.41, 5.74) is 0. The topological polar surface area (TPSA) is 54.9 Å². The van der Waals surface area contributed by atoms with Gasteiger partial charge in [0.05, 0.1) is 13.7 Å². The summed E-state index contributed by atoms with van der Waals surface area (Å²) in [4.78, 5) is 4.20. The molecule has 0 saturated heterocycles. The lowest BCUT2D eigenvalue weighted by atomic mass is 10.3. The summed E-state index contributed by atoms with van der Waals surface area (Å²) in [6.45, 7) is 2.54. The molecule has 0 heterocycles. The maximum Gasteiger partial charge on any atom is 0.190 e. The second-order valence-corrected chi connectivity index (χ2v) is 5.20. The minimum atomic E-state index is 0.666. The van der Waals surface area contributed by atoms with E-state index in [9.17, 15) is 0 Å². The maximum atomic E-state index is 5.69. The molecule has 1 aliphatic rings. The number of hydrogen-bond acceptors (Lipinski definition) is 3. The van der Waals surface area contributed by atoms with Gasteiger partial charge in [-0.15, -0.1) is 0 Å². The van der Waals surface area contributed by atoms with Crippen molar-refractivity contribution in [1.82, 2.24) is 10.6 Å². The van der Waals surface area contributed by atoms with E-state index in [0.717, 1.165) is 42.9 Å². The zero-order valence-electron chi connectivity index (χ0n) is 12.9. The molecule has 116 valence electrons. The van der Waals surface area contributed by atoms with Gasteiger partial charge in [-0.2, -0.15) is 0 Å². The Morgan fingerprint density at radius 2 is 2.10 bits per heavy atom. The first kappa shape index (κ1) is 15.5. The van der Waals surface area contributed by atoms with Crippen molar-refractivity contribution >= 4 is 5.96 Å². The Balaban J connectivity index is 1.57. The van der Waals surface area contributed by atoms with E-state index in [1.807, 2.05) is 24.3 Å². The molecule has 2 N–H and O–H groups in total. The number of guanidine groups is 1. The molecule has 21 heavy (non-hydrogen) atoms. The van der Waals surface area contributed by atoms with Crippen LogP contribution in [0.15, 0.2) is 29.3 Å². The summed E-state index contributed by atoms with van der Waals surface area (Å²) in [6, 6.07) is 7.66. The molecule has 0 radical (unpaired) electrons. The highest BCUT2D eigenvalue weighted by molar-refractivity contribution is 5.79. The minimum Gasteiger partial charge on any atom is -0.497 e. The highest BCUT2D eigenvalue weighted by Gasteiger charge is 2.20. The van der Waals surface area contributed by atoms with Crippen LogP contribution in [-0.4, -0.2) is 39.8 Å². The Morgan fingerprint density at radius 3 is 2.81 bits per heavy atom. The standard InChI is InChI=1S/C16H25N3O2/c1-17-16(19-12-13-7-8-13)18-9-4-10-21-15-6-3-5-14(11-15)20-2/h3,5-6,11,13H,4,7-10,12H2,1-2H3,(H2,17,18,19). The van der Waals surface area contributed by atoms with Crippen LogP contribution < -0.4 is 20.1 Å². The first-order valence-electron chi connectivity index (χ1n) is 7.53. The van der Waals surface area contributed by atoms with Gasteiger partial charge in [0.15, 0.2) is 5.96 Å². The number of benzene rings is 1. The van der Waals surface area contributed by atoms with Gasteiger partial charge >= 0.3 is 0 Å². The molecule has 5 nitrogen and oxygen atoms in total. The van der Waals surface area contributed by atoms with Gasteiger partial charge in [0.1, 0.15) is 11.5 Å². The molecule has 0 amide bonds. The van der Waals surface area contributed by atoms with E-state index >= 15 is 0 Å². The van der Waals surface area contributed by atoms with E-state index in [1.54, 1.807) is 14.2 Å². The smallest absolute Gasteiger partial charge is 0.190 e. The van der Waals surface area contributed by atoms with Gasteiger partial charge in [-0.25, -0.2) is 0 Å². The summed E-state index contributed by atoms with van der Waals surface area (Å²) in [5.74, 6) is 3.38. The average molecular weight is 291 g/mol. The quantitative estimate of drug-likeness (QED) is 0.437. The van der Waals surface area contributed by atoms with Gasteiger partial charge in [0.2, 0.25) is 0 Å². The number of rotatable bonds is 8. The number of methoxy groups -OCH3 is 1. The third-order valence-electron chi connectivity index (χ3n) is 3.40. The summed E-state index contributed by atoms with van der Waals surface area (Å²) in [5, 5.41) is 6.63. The lowest BCUT2D eigenvalue weighted by molar-refractivity contribution is 0.308. The van der Waals surface area contributed by atoms with Crippen LogP contribution >= 0.6 is 0 Å². The molecule has 0 unspecified atom stereocenters. The second kappa shape index (κ2) is 8.39. The molecule has 0 atom stereocenters. The van der Waals surface area contributed by atoms with Crippen LogP contribution in [0.3, 0.4) is 0 Å². The van der Waals surface area contributed by atoms with E-state index in [4.69, 9.17) is 9.47 Å². The van der Waals surface area contributed by atoms with Gasteiger partial charge in [-0.1, -0.05) is 6.07 Å². The van der Waals surface area contributed by atoms with Crippen LogP contribution in [0.25, 0.3) is 0 Å². The van der Waals surface area contributed by atoms with Gasteiger partial charge in [0.25, 0.3) is 0 Å². The predicted molar refractivity (Wildman–Crippen MR) is 85.2 cm³/mol. The van der Waals surface area contributed by atoms with Crippen LogP contribution in [0.2, 0.25) is 0 Å². The molecule has 1 aliphatic carbocycles. The lowest BCUT2D eigenvalue weighted by Crippen LogP contribution is -2.39. The fourth-order valence-electron chi connectivity index (χ4n) is 1.94. The molecule has 2 rings (SSSR count). The third-order valence-corrected chi connectivity index (χ3v) is 3.40. The molecule has 5 heteroatoms. The van der Waals surface area contributed by atoms with Crippen LogP contribution in [0.4, 0.5) is 0 Å². The Kier molecular flexibility index (Phi) is 6.19. The predicted octanol–water partition coefficient (Wildman–Crippen LogP) is 2.04. The van der Waals surface area contributed by atoms with E-state index < -0.39 is 0 Å². The monoisotopic (exact) mass is 291 g/mol. The first-order valence-corrected chi connectivity index (χ1v) is 7.53. The summed E-state index contributed by atoms with van der Waals surface area (Å²) in [7, 11) is 3.46. The van der Waals surface area contributed by atoms with Crippen molar-refractivity contribution in [3.05, 3.63) is 24.3 Å². The first-order chi connectivity index (χ1) is 10.3. The SMILES string of the molecule is CN=C(NCCCOc1cccc(OC)c1)NCC1CC1. The minimum absolute atomic E-state index is 0.666. The summed E-state index contributed by atoms with van der Waals surface area (Å²) >= 11 is 0. The highest BCUT2D eigenvalue weighted by Crippen LogP contribution is 2.27. The fraction of sp³-hybridized carbons (Fsp3) is 0.562. The van der Waals surface area contributed by atoms with Crippen molar-refractivity contribution in [2.75, 3.05) is 33.9 Å². The average Bonchev–Trinajstić information content (AvgIpc) is 3.34. The summed E-state index contributed by atoms with van der Waals surface area (Å²) < 4.78 is 10.9. The molecule has 0 aliphatic heterocycles. The molecule has 0 bridgehead atoms. The zero-order valence-corrected chi connectivity index (χ0v) is 12.9. The third kappa shape index (κ3) is 5.94. The van der Waals surface area contributed by atoms with Crippen molar-refractivity contribution < 1.29 is 9.47 Å². The lowest BCUT2D eigenvalue weighted by Gasteiger charge is -2.12. The molecule has 1 aromatic carbocycles. The number of nitrogens with one attached hydrogen (secondary N) is 2. The Bertz CT molecular complexity index is 459. The number of ether oxygens (including phenoxy) is 2. The van der Waals surface area contributed by atoms with Crippen LogP contribution in [0, 0.1) is 5.92 Å². The Labute approximate surface area is 126 Å². The number of nitrogens with zero attached hydrogens (tertiary/aromatic N) is 1. The van der Waals surface area contributed by atoms with E-state index in [-0.39, 0.29) is 0 Å².